The molecule has 8 saturated carbocycles. The Kier molecular flexibility index (Phi) is 16.3. The second kappa shape index (κ2) is 23.0. The van der Waals surface area contributed by atoms with Gasteiger partial charge in [-0.3, -0.25) is 9.59 Å². The number of hydrogen-bond donors (Lipinski definition) is 5. The topological polar surface area (TPSA) is 287 Å². The fourth-order valence-electron chi connectivity index (χ4n) is 10.6. The van der Waals surface area contributed by atoms with Gasteiger partial charge in [0.05, 0.1) is 50.4 Å². The number of hydrogen-bond acceptors (Lipinski definition) is 18. The number of amides is 2. The minimum absolute atomic E-state index is 0. The third kappa shape index (κ3) is 12.9. The molecule has 7 N–H and O–H groups in total. The lowest BCUT2D eigenvalue weighted by Crippen LogP contribution is -2.68. The average Bonchev–Trinajstić information content (AvgIpc) is 4.30. The lowest BCUT2D eigenvalue weighted by Gasteiger charge is -2.61. The molecule has 20 nitrogen and oxygen atoms in total. The number of ether oxygens (including phenoxy) is 4. The molecule has 10 aliphatic rings. The maximum Gasteiger partial charge on any atom is 0.319 e. The lowest BCUT2D eigenvalue weighted by atomic mass is 9.50. The van der Waals surface area contributed by atoms with Gasteiger partial charge in [0.25, 0.3) is 11.8 Å². The molecule has 4 atom stereocenters. The van der Waals surface area contributed by atoms with Crippen LogP contribution < -0.4 is 51.3 Å². The van der Waals surface area contributed by atoms with Gasteiger partial charge in [-0.15, -0.1) is 12.4 Å². The van der Waals surface area contributed by atoms with E-state index in [0.29, 0.717) is 66.3 Å². The van der Waals surface area contributed by atoms with Crippen molar-refractivity contribution < 1.29 is 28.5 Å². The zero-order valence-corrected chi connectivity index (χ0v) is 42.9. The first-order chi connectivity index (χ1) is 35.4. The van der Waals surface area contributed by atoms with E-state index in [1.54, 1.807) is 18.5 Å². The first-order valence-corrected chi connectivity index (χ1v) is 26.1. The Hall–Kier alpha value is -6.48. The minimum atomic E-state index is -0.228. The summed E-state index contributed by atoms with van der Waals surface area (Å²) in [6.07, 6.45) is 15.6. The summed E-state index contributed by atoms with van der Waals surface area (Å²) in [7, 11) is 0. The Bertz CT molecular complexity index is 2700. The Labute approximate surface area is 441 Å². The van der Waals surface area contributed by atoms with E-state index in [9.17, 15) is 9.59 Å². The number of anilines is 3. The number of nitrogens with one attached hydrogen (secondary N) is 3. The van der Waals surface area contributed by atoms with E-state index in [0.717, 1.165) is 109 Å². The molecule has 74 heavy (non-hydrogen) atoms. The summed E-state index contributed by atoms with van der Waals surface area (Å²) < 4.78 is 22.9. The molecule has 0 unspecified atom stereocenters. The second-order valence-corrected chi connectivity index (χ2v) is 21.7. The summed E-state index contributed by atoms with van der Waals surface area (Å²) in [6.45, 7) is 5.87. The van der Waals surface area contributed by atoms with Crippen LogP contribution in [0.4, 0.5) is 17.5 Å². The van der Waals surface area contributed by atoms with E-state index in [1.807, 2.05) is 24.3 Å². The zero-order valence-electron chi connectivity index (χ0n) is 41.3. The van der Waals surface area contributed by atoms with E-state index < -0.39 is 0 Å². The highest BCUT2D eigenvalue weighted by Crippen LogP contribution is 2.57. The number of nitrogen functional groups attached to an aromatic ring is 2. The normalized spacial score (nSPS) is 27.4. The van der Waals surface area contributed by atoms with E-state index in [4.69, 9.17) is 52.5 Å². The summed E-state index contributed by atoms with van der Waals surface area (Å²) in [6, 6.07) is 15.4. The van der Waals surface area contributed by atoms with Gasteiger partial charge in [-0.2, -0.15) is 30.5 Å². The predicted octanol–water partition coefficient (Wildman–Crippen LogP) is 5.98. The number of carbonyl (C=O) groups is 2. The van der Waals surface area contributed by atoms with E-state index in [1.165, 1.54) is 18.9 Å². The van der Waals surface area contributed by atoms with Crippen LogP contribution in [0.2, 0.25) is 5.15 Å². The molecule has 4 aromatic heterocycles. The maximum absolute atomic E-state index is 13.1. The van der Waals surface area contributed by atoms with Gasteiger partial charge in [0.1, 0.15) is 22.4 Å². The van der Waals surface area contributed by atoms with Gasteiger partial charge in [-0.1, -0.05) is 11.6 Å². The molecular weight excluding hydrogens is 988 g/mol. The van der Waals surface area contributed by atoms with Crippen molar-refractivity contribution in [1.29, 1.82) is 10.5 Å². The zero-order chi connectivity index (χ0) is 50.5. The molecule has 8 aliphatic carbocycles. The molecule has 22 heteroatoms. The number of nitriles is 2. The van der Waals surface area contributed by atoms with Crippen molar-refractivity contribution in [2.45, 2.75) is 88.1 Å². The van der Waals surface area contributed by atoms with Crippen molar-refractivity contribution in [3.63, 3.8) is 0 Å². The fourth-order valence-corrected chi connectivity index (χ4v) is 10.8. The number of rotatable bonds is 17. The van der Waals surface area contributed by atoms with Crippen LogP contribution >= 0.6 is 24.0 Å². The molecule has 2 amide bonds. The molecule has 4 bridgehead atoms. The Balaban J connectivity index is 0.000000150. The van der Waals surface area contributed by atoms with Crippen molar-refractivity contribution in [1.82, 2.24) is 45.9 Å². The van der Waals surface area contributed by atoms with Gasteiger partial charge < -0.3 is 51.3 Å². The van der Waals surface area contributed by atoms with Crippen LogP contribution in [0.3, 0.4) is 0 Å². The molecule has 2 aliphatic heterocycles. The minimum Gasteiger partial charge on any atom is -0.489 e. The number of piperidine rings is 2. The SMILES string of the molecule is Cl.N#C[C@@H]1C[C@@H]1COc1nc(C(=O)NC23CC(C2)C3)cc(N2CCC(COc3cccnc3N)CC2)n1.N#C[C@@H]1C[C@@H]1COc1nc(Cl)cc(C(=O)NC23CC(C2)C3)n1.Nc1ncccc1OCC1CCNCC1. The Morgan fingerprint density at radius 1 is 0.689 bits per heavy atom. The highest BCUT2D eigenvalue weighted by atomic mass is 35.5. The van der Waals surface area contributed by atoms with Crippen molar-refractivity contribution in [3.8, 4) is 35.7 Å². The number of pyridine rings is 2. The summed E-state index contributed by atoms with van der Waals surface area (Å²) in [5.74, 6) is 5.66. The third-order valence-corrected chi connectivity index (χ3v) is 15.8. The highest BCUT2D eigenvalue weighted by Gasteiger charge is 2.58. The molecule has 6 heterocycles. The van der Waals surface area contributed by atoms with Gasteiger partial charge >= 0.3 is 12.0 Å². The van der Waals surface area contributed by atoms with E-state index in [-0.39, 0.29) is 81.8 Å². The first-order valence-electron chi connectivity index (χ1n) is 25.7. The van der Waals surface area contributed by atoms with Crippen LogP contribution in [0.15, 0.2) is 48.8 Å². The van der Waals surface area contributed by atoms with Gasteiger partial charge in [-0.25, -0.2) is 9.97 Å². The van der Waals surface area contributed by atoms with Crippen molar-refractivity contribution >= 4 is 53.3 Å². The number of aromatic nitrogens is 6. The quantitative estimate of drug-likeness (QED) is 0.0760. The maximum atomic E-state index is 13.1. The standard InChI is InChI=1S/C26H31N7O3.C15H15ClN4O2.C11H17N3O.ClH/c27-13-18-8-19(18)15-36-25-30-20(24(34)32-26-10-17(11-26)12-26)9-22(31-25)33-6-3-16(4-7-33)14-35-21-2-1-5-29-23(21)28;16-12-2-11(13(21)20-15-3-8(4-15)5-15)18-14(19-12)22-7-10-1-9(10)6-17;12-11-10(2-1-5-14-11)15-8-9-3-6-13-7-4-9;/h1-2,5,9,16-19H,3-4,6-8,10-12,14-15H2,(H2,28,29)(H,32,34);2,8-10H,1,3-5,7H2,(H,20,21);1-2,5,9,13H,3-4,6-8H2,(H2,12,14);1H/t17?,18-,19+,26?;8?,9-,10+,15?;;/m00../s1. The number of nitrogens with zero attached hydrogens (tertiary/aromatic N) is 9. The van der Waals surface area contributed by atoms with E-state index in [2.05, 4.69) is 62.9 Å². The van der Waals surface area contributed by atoms with Gasteiger partial charge in [-0.05, 0) is 138 Å². The monoisotopic (exact) mass is 1050 g/mol. The number of carbonyl (C=O) groups excluding carboxylic acids is 2. The van der Waals surface area contributed by atoms with Gasteiger partial charge in [0, 0.05) is 60.5 Å². The fraction of sp³-hybridized carbons (Fsp3) is 0.577. The summed E-state index contributed by atoms with van der Waals surface area (Å²) in [4.78, 5) is 52.7. The molecule has 0 aromatic carbocycles. The Morgan fingerprint density at radius 2 is 1.16 bits per heavy atom. The summed E-state index contributed by atoms with van der Waals surface area (Å²) in [5, 5.41) is 27.6. The molecule has 4 aromatic rings. The second-order valence-electron chi connectivity index (χ2n) is 21.3. The van der Waals surface area contributed by atoms with Crippen LogP contribution in [0.5, 0.6) is 23.5 Å². The summed E-state index contributed by atoms with van der Waals surface area (Å²) in [5.41, 5.74) is 12.1. The lowest BCUT2D eigenvalue weighted by molar-refractivity contribution is -0.0443. The van der Waals surface area contributed by atoms with Gasteiger partial charge in [0.2, 0.25) is 0 Å². The Morgan fingerprint density at radius 3 is 1.61 bits per heavy atom. The van der Waals surface area contributed by atoms with Crippen molar-refractivity contribution in [2.24, 2.45) is 47.3 Å². The number of nitrogens with two attached hydrogens (primary N) is 2. The molecule has 0 spiro atoms. The van der Waals surface area contributed by atoms with Crippen LogP contribution in [0.25, 0.3) is 0 Å². The molecular formula is C52H64Cl2N14O6. The molecule has 14 rings (SSSR count). The highest BCUT2D eigenvalue weighted by molar-refractivity contribution is 6.29. The van der Waals surface area contributed by atoms with Gasteiger partial charge in [0.15, 0.2) is 23.1 Å². The molecule has 2 saturated heterocycles. The van der Waals surface area contributed by atoms with Crippen LogP contribution in [0, 0.1) is 70.0 Å². The summed E-state index contributed by atoms with van der Waals surface area (Å²) >= 11 is 5.95. The smallest absolute Gasteiger partial charge is 0.319 e. The predicted molar refractivity (Wildman–Crippen MR) is 276 cm³/mol. The van der Waals surface area contributed by atoms with Crippen LogP contribution in [-0.2, 0) is 0 Å². The third-order valence-electron chi connectivity index (χ3n) is 15.6. The first kappa shape index (κ1) is 52.4. The number of halogens is 2. The van der Waals surface area contributed by atoms with E-state index >= 15 is 0 Å². The largest absolute Gasteiger partial charge is 0.489 e. The van der Waals surface area contributed by atoms with Crippen molar-refractivity contribution in [2.75, 3.05) is 69.0 Å². The molecule has 0 radical (unpaired) electrons. The molecule has 10 fully saturated rings. The van der Waals surface area contributed by atoms with Crippen LogP contribution in [0.1, 0.15) is 98.0 Å². The average molecular weight is 1050 g/mol. The molecule has 392 valence electrons. The van der Waals surface area contributed by atoms with Crippen molar-refractivity contribution in [3.05, 3.63) is 65.3 Å². The van der Waals surface area contributed by atoms with Crippen LogP contribution in [-0.4, -0.2) is 105 Å².